The van der Waals surface area contributed by atoms with Crippen molar-refractivity contribution in [3.05, 3.63) is 54.6 Å². The third kappa shape index (κ3) is 4.98. The molecule has 0 heterocycles. The van der Waals surface area contributed by atoms with Crippen molar-refractivity contribution in [2.24, 2.45) is 0 Å². The summed E-state index contributed by atoms with van der Waals surface area (Å²) in [5.41, 5.74) is 0. The average Bonchev–Trinajstić information content (AvgIpc) is 2.25. The molecule has 2 rings (SSSR count). The Bertz CT molecular complexity index is 363. The number of hydrogen-bond acceptors (Lipinski definition) is 3. The first-order chi connectivity index (χ1) is 7.18. The van der Waals surface area contributed by atoms with Crippen molar-refractivity contribution in [3.63, 3.8) is 0 Å². The zero-order chi connectivity index (χ0) is 11.1. The van der Waals surface area contributed by atoms with E-state index in [4.69, 9.17) is 10.2 Å². The van der Waals surface area contributed by atoms with E-state index in [1.807, 2.05) is 30.3 Å². The molecule has 0 saturated carbocycles. The Balaban J connectivity index is 0.000000151. The molecule has 0 unspecified atom stereocenters. The van der Waals surface area contributed by atoms with E-state index < -0.39 is 0 Å². The first kappa shape index (κ1) is 11.5. The van der Waals surface area contributed by atoms with Gasteiger partial charge in [-0.2, -0.15) is 0 Å². The summed E-state index contributed by atoms with van der Waals surface area (Å²) in [6.07, 6.45) is 0. The standard InChI is InChI=1S/C6H6O2.C6H6S/c7-5-1-2-6(8)4-3-5;7-6-4-2-1-3-5-6/h1-4,7-8H;1-5,7H. The number of rotatable bonds is 0. The Hall–Kier alpha value is -1.61. The minimum Gasteiger partial charge on any atom is -0.508 e. The van der Waals surface area contributed by atoms with Crippen LogP contribution in [0.1, 0.15) is 0 Å². The second kappa shape index (κ2) is 5.98. The third-order valence-corrected chi connectivity index (χ3v) is 1.90. The molecule has 0 aliphatic heterocycles. The van der Waals surface area contributed by atoms with Crippen LogP contribution in [0.25, 0.3) is 0 Å². The zero-order valence-electron chi connectivity index (χ0n) is 8.04. The predicted octanol–water partition coefficient (Wildman–Crippen LogP) is 3.07. The molecule has 0 saturated heterocycles. The maximum atomic E-state index is 8.65. The maximum absolute atomic E-state index is 8.65. The highest BCUT2D eigenvalue weighted by molar-refractivity contribution is 7.80. The van der Waals surface area contributed by atoms with Crippen molar-refractivity contribution >= 4 is 12.6 Å². The number of thiol groups is 1. The van der Waals surface area contributed by atoms with E-state index in [0.717, 1.165) is 4.90 Å². The predicted molar refractivity (Wildman–Crippen MR) is 63.5 cm³/mol. The second-order valence-corrected chi connectivity index (χ2v) is 3.37. The Morgan fingerprint density at radius 3 is 1.33 bits per heavy atom. The highest BCUT2D eigenvalue weighted by Crippen LogP contribution is 2.13. The van der Waals surface area contributed by atoms with Crippen LogP contribution in [0.15, 0.2) is 59.5 Å². The molecule has 2 aromatic carbocycles. The monoisotopic (exact) mass is 220 g/mol. The van der Waals surface area contributed by atoms with Crippen molar-refractivity contribution in [1.29, 1.82) is 0 Å². The minimum absolute atomic E-state index is 0.169. The second-order valence-electron chi connectivity index (χ2n) is 2.85. The van der Waals surface area contributed by atoms with Crippen molar-refractivity contribution in [1.82, 2.24) is 0 Å². The van der Waals surface area contributed by atoms with E-state index in [2.05, 4.69) is 12.6 Å². The van der Waals surface area contributed by atoms with Crippen LogP contribution in [-0.4, -0.2) is 10.2 Å². The topological polar surface area (TPSA) is 40.5 Å². The van der Waals surface area contributed by atoms with Crippen LogP contribution in [-0.2, 0) is 0 Å². The van der Waals surface area contributed by atoms with Gasteiger partial charge in [0.25, 0.3) is 0 Å². The van der Waals surface area contributed by atoms with E-state index in [9.17, 15) is 0 Å². The van der Waals surface area contributed by atoms with Crippen LogP contribution >= 0.6 is 12.6 Å². The molecule has 2 N–H and O–H groups in total. The molecule has 0 radical (unpaired) electrons. The molecule has 0 aliphatic rings. The fourth-order valence-corrected chi connectivity index (χ4v) is 1.05. The van der Waals surface area contributed by atoms with Crippen LogP contribution in [0, 0.1) is 0 Å². The smallest absolute Gasteiger partial charge is 0.115 e. The van der Waals surface area contributed by atoms with E-state index in [1.54, 1.807) is 0 Å². The van der Waals surface area contributed by atoms with Gasteiger partial charge >= 0.3 is 0 Å². The van der Waals surface area contributed by atoms with Gasteiger partial charge in [0.15, 0.2) is 0 Å². The number of benzene rings is 2. The van der Waals surface area contributed by atoms with Crippen LogP contribution in [0.2, 0.25) is 0 Å². The van der Waals surface area contributed by atoms with Gasteiger partial charge in [0.1, 0.15) is 11.5 Å². The lowest BCUT2D eigenvalue weighted by atomic mass is 10.3. The largest absolute Gasteiger partial charge is 0.508 e. The van der Waals surface area contributed by atoms with E-state index in [0.29, 0.717) is 0 Å². The molecular weight excluding hydrogens is 208 g/mol. The Morgan fingerprint density at radius 1 is 0.667 bits per heavy atom. The molecule has 0 fully saturated rings. The van der Waals surface area contributed by atoms with E-state index in [1.165, 1.54) is 24.3 Å². The molecule has 0 spiro atoms. The van der Waals surface area contributed by atoms with Crippen molar-refractivity contribution in [2.45, 2.75) is 4.90 Å². The van der Waals surface area contributed by atoms with Gasteiger partial charge in [-0.15, -0.1) is 12.6 Å². The summed E-state index contributed by atoms with van der Waals surface area (Å²) in [4.78, 5) is 1.02. The third-order valence-electron chi connectivity index (χ3n) is 1.61. The van der Waals surface area contributed by atoms with Crippen molar-refractivity contribution in [3.8, 4) is 11.5 Å². The highest BCUT2D eigenvalue weighted by Gasteiger charge is 1.84. The lowest BCUT2D eigenvalue weighted by Gasteiger charge is -1.88. The maximum Gasteiger partial charge on any atom is 0.115 e. The summed E-state index contributed by atoms with van der Waals surface area (Å²) in [5, 5.41) is 17.3. The van der Waals surface area contributed by atoms with Gasteiger partial charge in [-0.1, -0.05) is 18.2 Å². The van der Waals surface area contributed by atoms with E-state index >= 15 is 0 Å². The number of hydrogen-bond donors (Lipinski definition) is 3. The summed E-state index contributed by atoms with van der Waals surface area (Å²) in [7, 11) is 0. The lowest BCUT2D eigenvalue weighted by Crippen LogP contribution is -1.61. The molecule has 0 aromatic heterocycles. The first-order valence-electron chi connectivity index (χ1n) is 4.40. The van der Waals surface area contributed by atoms with Gasteiger partial charge < -0.3 is 10.2 Å². The number of phenols is 2. The molecule has 78 valence electrons. The summed E-state index contributed by atoms with van der Waals surface area (Å²) in [6, 6.07) is 15.5. The summed E-state index contributed by atoms with van der Waals surface area (Å²) in [5.74, 6) is 0.339. The Morgan fingerprint density at radius 2 is 1.07 bits per heavy atom. The summed E-state index contributed by atoms with van der Waals surface area (Å²) >= 11 is 4.08. The van der Waals surface area contributed by atoms with Gasteiger partial charge in [0.05, 0.1) is 0 Å². The first-order valence-corrected chi connectivity index (χ1v) is 4.85. The molecule has 0 bridgehead atoms. The fraction of sp³-hybridized carbons (Fsp3) is 0. The molecule has 0 aliphatic carbocycles. The van der Waals surface area contributed by atoms with Crippen LogP contribution in [0.5, 0.6) is 11.5 Å². The number of aromatic hydroxyl groups is 2. The molecule has 2 nitrogen and oxygen atoms in total. The molecule has 0 amide bonds. The Labute approximate surface area is 94.2 Å². The number of phenolic OH excluding ortho intramolecular Hbond substituents is 2. The van der Waals surface area contributed by atoms with Crippen molar-refractivity contribution in [2.75, 3.05) is 0 Å². The van der Waals surface area contributed by atoms with Gasteiger partial charge in [-0.3, -0.25) is 0 Å². The van der Waals surface area contributed by atoms with Gasteiger partial charge in [-0.05, 0) is 36.4 Å². The minimum atomic E-state index is 0.169. The lowest BCUT2D eigenvalue weighted by molar-refractivity contribution is 0.460. The van der Waals surface area contributed by atoms with Crippen LogP contribution in [0.3, 0.4) is 0 Å². The van der Waals surface area contributed by atoms with Gasteiger partial charge in [0.2, 0.25) is 0 Å². The molecule has 15 heavy (non-hydrogen) atoms. The van der Waals surface area contributed by atoms with Crippen LogP contribution < -0.4 is 0 Å². The quantitative estimate of drug-likeness (QED) is 0.471. The molecule has 2 aromatic rings. The molecule has 3 heteroatoms. The average molecular weight is 220 g/mol. The normalized spacial score (nSPS) is 8.87. The Kier molecular flexibility index (Phi) is 4.57. The van der Waals surface area contributed by atoms with Gasteiger partial charge in [-0.25, -0.2) is 0 Å². The molecular formula is C12H12O2S. The SMILES string of the molecule is Oc1ccc(O)cc1.Sc1ccccc1. The van der Waals surface area contributed by atoms with Crippen molar-refractivity contribution < 1.29 is 10.2 Å². The van der Waals surface area contributed by atoms with Crippen LogP contribution in [0.4, 0.5) is 0 Å². The zero-order valence-corrected chi connectivity index (χ0v) is 8.93. The van der Waals surface area contributed by atoms with E-state index in [-0.39, 0.29) is 11.5 Å². The fourth-order valence-electron chi connectivity index (χ4n) is 0.881. The van der Waals surface area contributed by atoms with Gasteiger partial charge in [0, 0.05) is 4.90 Å². The highest BCUT2D eigenvalue weighted by atomic mass is 32.1. The summed E-state index contributed by atoms with van der Waals surface area (Å²) in [6.45, 7) is 0. The molecule has 0 atom stereocenters. The summed E-state index contributed by atoms with van der Waals surface area (Å²) < 4.78 is 0.